The van der Waals surface area contributed by atoms with Crippen LogP contribution < -0.4 is 5.32 Å². The first kappa shape index (κ1) is 27.6. The number of halogens is 2. The normalized spacial score (nSPS) is 15.8. The van der Waals surface area contributed by atoms with Crippen molar-refractivity contribution in [1.82, 2.24) is 14.5 Å². The van der Waals surface area contributed by atoms with E-state index in [0.717, 1.165) is 26.8 Å². The largest absolute Gasteiger partial charge is 0.355 e. The minimum Gasteiger partial charge on any atom is -0.355 e. The van der Waals surface area contributed by atoms with Crippen molar-refractivity contribution in [2.75, 3.05) is 19.6 Å². The van der Waals surface area contributed by atoms with E-state index in [2.05, 4.69) is 11.4 Å². The Morgan fingerprint density at radius 1 is 1.22 bits per heavy atom. The average molecular weight is 598 g/mol. The molecule has 13 heteroatoms. The van der Waals surface area contributed by atoms with Crippen LogP contribution in [-0.2, 0) is 32.6 Å². The molecule has 0 aliphatic carbocycles. The molecule has 1 saturated heterocycles. The number of hydrogen-bond donors (Lipinski definition) is 1. The van der Waals surface area contributed by atoms with E-state index in [-0.39, 0.29) is 26.5 Å². The fraction of sp³-hybridized carbons (Fsp3) is 0.292. The third-order valence-corrected chi connectivity index (χ3v) is 10.9. The van der Waals surface area contributed by atoms with Crippen molar-refractivity contribution >= 4 is 67.7 Å². The molecule has 0 bridgehead atoms. The molecule has 0 unspecified atom stereocenters. The highest BCUT2D eigenvalue weighted by Crippen LogP contribution is 2.37. The third-order valence-electron chi connectivity index (χ3n) is 5.82. The van der Waals surface area contributed by atoms with E-state index in [4.69, 9.17) is 28.5 Å². The lowest BCUT2D eigenvalue weighted by Crippen LogP contribution is -2.49. The van der Waals surface area contributed by atoms with Gasteiger partial charge in [0.15, 0.2) is 0 Å². The van der Waals surface area contributed by atoms with Crippen molar-refractivity contribution in [1.29, 1.82) is 5.26 Å². The molecule has 37 heavy (non-hydrogen) atoms. The number of hydrogen-bond acceptors (Lipinski definition) is 7. The Bertz CT molecular complexity index is 1410. The van der Waals surface area contributed by atoms with Crippen LogP contribution in [0.4, 0.5) is 0 Å². The number of nitrogens with one attached hydrogen (secondary N) is 1. The molecule has 0 spiro atoms. The first-order valence-corrected chi connectivity index (χ1v) is 15.1. The van der Waals surface area contributed by atoms with Crippen LogP contribution in [0.3, 0.4) is 0 Å². The Labute approximate surface area is 233 Å². The first-order valence-electron chi connectivity index (χ1n) is 11.2. The fourth-order valence-electron chi connectivity index (χ4n) is 4.00. The zero-order valence-electron chi connectivity index (χ0n) is 19.4. The molecule has 4 rings (SSSR count). The Kier molecular flexibility index (Phi) is 8.90. The standard InChI is InChI=1S/C24H22Cl2N4O4S3/c25-19-11-22(36-23(19)26)37(33,34)30(14-21(31)28-8-6-16-4-2-1-3-5-16)20-7-9-29(24(20)32)13-17-10-18(12-27)35-15-17/h1-5,10-11,15,20H,6-9,13-14H2,(H,28,31)/t20-/m0/s1. The second-order valence-electron chi connectivity index (χ2n) is 8.32. The van der Waals surface area contributed by atoms with E-state index in [1.165, 1.54) is 22.3 Å². The van der Waals surface area contributed by atoms with Gasteiger partial charge in [-0.3, -0.25) is 9.59 Å². The van der Waals surface area contributed by atoms with E-state index < -0.39 is 34.4 Å². The van der Waals surface area contributed by atoms with Gasteiger partial charge < -0.3 is 10.2 Å². The fourth-order valence-corrected chi connectivity index (χ4v) is 8.28. The number of nitrogens with zero attached hydrogens (tertiary/aromatic N) is 3. The highest BCUT2D eigenvalue weighted by atomic mass is 35.5. The molecule has 1 aliphatic heterocycles. The number of carbonyl (C=O) groups excluding carboxylic acids is 2. The Balaban J connectivity index is 1.51. The molecule has 8 nitrogen and oxygen atoms in total. The molecule has 2 amide bonds. The molecule has 1 fully saturated rings. The van der Waals surface area contributed by atoms with Crippen LogP contribution in [0.1, 0.15) is 22.4 Å². The van der Waals surface area contributed by atoms with Gasteiger partial charge in [0.2, 0.25) is 11.8 Å². The van der Waals surface area contributed by atoms with Crippen LogP contribution >= 0.6 is 45.9 Å². The number of rotatable bonds is 10. The molecule has 0 radical (unpaired) electrons. The maximum absolute atomic E-state index is 13.6. The van der Waals surface area contributed by atoms with Crippen molar-refractivity contribution in [3.63, 3.8) is 0 Å². The molecule has 1 atom stereocenters. The lowest BCUT2D eigenvalue weighted by Gasteiger charge is -2.26. The molecule has 1 aliphatic rings. The zero-order valence-corrected chi connectivity index (χ0v) is 23.4. The summed E-state index contributed by atoms with van der Waals surface area (Å²) < 4.78 is 28.1. The Morgan fingerprint density at radius 3 is 2.62 bits per heavy atom. The minimum absolute atomic E-state index is 0.0858. The van der Waals surface area contributed by atoms with Gasteiger partial charge in [-0.2, -0.15) is 9.57 Å². The van der Waals surface area contributed by atoms with Crippen molar-refractivity contribution in [2.24, 2.45) is 0 Å². The second-order valence-corrected chi connectivity index (χ2v) is 13.4. The maximum Gasteiger partial charge on any atom is 0.253 e. The summed E-state index contributed by atoms with van der Waals surface area (Å²) in [4.78, 5) is 28.3. The number of nitriles is 1. The number of benzene rings is 1. The monoisotopic (exact) mass is 596 g/mol. The van der Waals surface area contributed by atoms with Gasteiger partial charge in [-0.1, -0.05) is 53.5 Å². The van der Waals surface area contributed by atoms with E-state index in [1.54, 1.807) is 11.4 Å². The smallest absolute Gasteiger partial charge is 0.253 e. The van der Waals surface area contributed by atoms with Crippen LogP contribution in [0.2, 0.25) is 9.36 Å². The van der Waals surface area contributed by atoms with Crippen molar-refractivity contribution in [3.05, 3.63) is 73.2 Å². The molecule has 3 aromatic rings. The molecule has 2 aromatic heterocycles. The van der Waals surface area contributed by atoms with Gasteiger partial charge >= 0.3 is 0 Å². The summed E-state index contributed by atoms with van der Waals surface area (Å²) in [6.07, 6.45) is 0.800. The van der Waals surface area contributed by atoms with Gasteiger partial charge in [-0.15, -0.1) is 22.7 Å². The van der Waals surface area contributed by atoms with Crippen LogP contribution in [-0.4, -0.2) is 55.1 Å². The summed E-state index contributed by atoms with van der Waals surface area (Å²) >= 11 is 14.1. The molecular formula is C24H22Cl2N4O4S3. The van der Waals surface area contributed by atoms with Gasteiger partial charge in [0, 0.05) is 19.6 Å². The highest BCUT2D eigenvalue weighted by molar-refractivity contribution is 7.91. The molecule has 1 N–H and O–H groups in total. The Morgan fingerprint density at radius 2 is 1.97 bits per heavy atom. The van der Waals surface area contributed by atoms with Gasteiger partial charge in [-0.05, 0) is 41.5 Å². The number of likely N-dealkylation sites (tertiary alicyclic amines) is 1. The number of sulfonamides is 1. The van der Waals surface area contributed by atoms with E-state index in [1.807, 2.05) is 30.3 Å². The van der Waals surface area contributed by atoms with E-state index in [0.29, 0.717) is 24.4 Å². The second kappa shape index (κ2) is 11.9. The molecule has 194 valence electrons. The molecule has 0 saturated carbocycles. The number of thiophene rings is 2. The SMILES string of the molecule is N#Cc1cc(CN2CC[C@H](N(CC(=O)NCCc3ccccc3)S(=O)(=O)c3cc(Cl)c(Cl)s3)C2=O)cs1. The molecule has 3 heterocycles. The van der Waals surface area contributed by atoms with E-state index in [9.17, 15) is 18.0 Å². The van der Waals surface area contributed by atoms with Gasteiger partial charge in [0.05, 0.1) is 11.6 Å². The third kappa shape index (κ3) is 6.52. The van der Waals surface area contributed by atoms with Gasteiger partial charge in [-0.25, -0.2) is 8.42 Å². The van der Waals surface area contributed by atoms with Crippen molar-refractivity contribution in [3.8, 4) is 6.07 Å². The summed E-state index contributed by atoms with van der Waals surface area (Å²) in [5.74, 6) is -0.921. The molecule has 1 aromatic carbocycles. The summed E-state index contributed by atoms with van der Waals surface area (Å²) in [5, 5.41) is 13.7. The summed E-state index contributed by atoms with van der Waals surface area (Å²) in [6, 6.07) is 13.5. The minimum atomic E-state index is -4.25. The van der Waals surface area contributed by atoms with Gasteiger partial charge in [0.1, 0.15) is 25.5 Å². The van der Waals surface area contributed by atoms with Crippen molar-refractivity contribution < 1.29 is 18.0 Å². The number of carbonyl (C=O) groups is 2. The number of amides is 2. The Hall–Kier alpha value is -2.46. The predicted octanol–water partition coefficient (Wildman–Crippen LogP) is 4.14. The predicted molar refractivity (Wildman–Crippen MR) is 144 cm³/mol. The van der Waals surface area contributed by atoms with Gasteiger partial charge in [0.25, 0.3) is 10.0 Å². The zero-order chi connectivity index (χ0) is 26.6. The van der Waals surface area contributed by atoms with Crippen LogP contribution in [0, 0.1) is 11.3 Å². The van der Waals surface area contributed by atoms with Crippen LogP contribution in [0.15, 0.2) is 52.1 Å². The maximum atomic E-state index is 13.6. The van der Waals surface area contributed by atoms with E-state index >= 15 is 0 Å². The highest BCUT2D eigenvalue weighted by Gasteiger charge is 2.43. The summed E-state index contributed by atoms with van der Waals surface area (Å²) in [5.41, 5.74) is 1.82. The summed E-state index contributed by atoms with van der Waals surface area (Å²) in [6.45, 7) is 0.360. The first-order chi connectivity index (χ1) is 17.7. The topological polar surface area (TPSA) is 111 Å². The van der Waals surface area contributed by atoms with Crippen molar-refractivity contribution in [2.45, 2.75) is 29.6 Å². The average Bonchev–Trinajstić information content (AvgIpc) is 3.58. The lowest BCUT2D eigenvalue weighted by molar-refractivity contribution is -0.131. The van der Waals surface area contributed by atoms with Crippen LogP contribution in [0.25, 0.3) is 0 Å². The quantitative estimate of drug-likeness (QED) is 0.378. The lowest BCUT2D eigenvalue weighted by atomic mass is 10.1. The summed E-state index contributed by atoms with van der Waals surface area (Å²) in [7, 11) is -4.25. The van der Waals surface area contributed by atoms with Crippen LogP contribution in [0.5, 0.6) is 0 Å². The molecular weight excluding hydrogens is 575 g/mol.